The van der Waals surface area contributed by atoms with Gasteiger partial charge in [0.1, 0.15) is 0 Å². The fraction of sp³-hybridized carbons (Fsp3) is 0.0435. The highest BCUT2D eigenvalue weighted by Gasteiger charge is 2.16. The predicted molar refractivity (Wildman–Crippen MR) is 127 cm³/mol. The van der Waals surface area contributed by atoms with Gasteiger partial charge in [0.15, 0.2) is 5.16 Å². The van der Waals surface area contributed by atoms with Crippen molar-refractivity contribution >= 4 is 51.9 Å². The molecule has 1 aromatic heterocycles. The number of nitrogens with one attached hydrogen (secondary N) is 2. The second kappa shape index (κ2) is 9.67. The van der Waals surface area contributed by atoms with Crippen LogP contribution in [0.15, 0.2) is 88.8 Å². The Labute approximate surface area is 192 Å². The van der Waals surface area contributed by atoms with Crippen molar-refractivity contribution in [3.63, 3.8) is 0 Å². The van der Waals surface area contributed by atoms with E-state index in [1.54, 1.807) is 72.8 Å². The van der Waals surface area contributed by atoms with Gasteiger partial charge in [-0.1, -0.05) is 59.8 Å². The van der Waals surface area contributed by atoms with E-state index in [4.69, 9.17) is 11.6 Å². The van der Waals surface area contributed by atoms with Crippen LogP contribution in [0.1, 0.15) is 0 Å². The van der Waals surface area contributed by atoms with Crippen LogP contribution in [0.4, 0.5) is 10.5 Å². The molecule has 4 aromatic rings. The van der Waals surface area contributed by atoms with Gasteiger partial charge in [-0.3, -0.25) is 19.5 Å². The number of fused-ring (bicyclic) bond motifs is 1. The Morgan fingerprint density at radius 3 is 2.50 bits per heavy atom. The van der Waals surface area contributed by atoms with E-state index in [1.165, 1.54) is 4.57 Å². The van der Waals surface area contributed by atoms with Crippen molar-refractivity contribution in [2.75, 3.05) is 11.1 Å². The summed E-state index contributed by atoms with van der Waals surface area (Å²) in [6, 6.07) is 21.9. The van der Waals surface area contributed by atoms with Crippen molar-refractivity contribution in [3.05, 3.63) is 94.2 Å². The summed E-state index contributed by atoms with van der Waals surface area (Å²) in [5, 5.41) is 6.08. The van der Waals surface area contributed by atoms with E-state index in [0.29, 0.717) is 32.5 Å². The zero-order valence-electron chi connectivity index (χ0n) is 16.6. The van der Waals surface area contributed by atoms with Crippen LogP contribution in [0.2, 0.25) is 5.02 Å². The number of anilines is 1. The number of carbonyl (C=O) groups excluding carboxylic acids is 2. The van der Waals surface area contributed by atoms with E-state index in [-0.39, 0.29) is 11.3 Å². The normalized spacial score (nSPS) is 10.7. The van der Waals surface area contributed by atoms with E-state index in [2.05, 4.69) is 15.6 Å². The number of hydrogen-bond acceptors (Lipinski definition) is 5. The average molecular weight is 465 g/mol. The maximum atomic E-state index is 13.2. The molecule has 160 valence electrons. The smallest absolute Gasteiger partial charge is 0.308 e. The summed E-state index contributed by atoms with van der Waals surface area (Å²) < 4.78 is 1.41. The lowest BCUT2D eigenvalue weighted by atomic mass is 10.2. The van der Waals surface area contributed by atoms with Gasteiger partial charge in [-0.2, -0.15) is 0 Å². The van der Waals surface area contributed by atoms with Gasteiger partial charge < -0.3 is 5.32 Å². The maximum absolute atomic E-state index is 13.2. The molecule has 0 unspecified atom stereocenters. The molecule has 3 amide bonds. The fourth-order valence-electron chi connectivity index (χ4n) is 3.03. The Hall–Kier alpha value is -3.62. The molecular formula is C23H17ClN4O3S. The second-order valence-corrected chi connectivity index (χ2v) is 8.07. The maximum Gasteiger partial charge on any atom is 0.325 e. The van der Waals surface area contributed by atoms with Crippen LogP contribution < -0.4 is 16.2 Å². The van der Waals surface area contributed by atoms with Crippen molar-refractivity contribution in [1.29, 1.82) is 0 Å². The number of nitrogens with zero attached hydrogens (tertiary/aromatic N) is 2. The molecule has 7 nitrogen and oxygen atoms in total. The monoisotopic (exact) mass is 464 g/mol. The lowest BCUT2D eigenvalue weighted by Crippen LogP contribution is -2.35. The molecule has 2 N–H and O–H groups in total. The summed E-state index contributed by atoms with van der Waals surface area (Å²) >= 11 is 7.17. The molecule has 0 radical (unpaired) electrons. The van der Waals surface area contributed by atoms with Gasteiger partial charge in [0.05, 0.1) is 22.3 Å². The standard InChI is InChI=1S/C23H17ClN4O3S/c24-15-7-6-10-17(13-15)28-21(30)18-11-4-5-12-19(18)26-23(28)32-14-20(29)27-22(31)25-16-8-2-1-3-9-16/h1-13H,14H2,(H2,25,27,29,31). The SMILES string of the molecule is O=C(CSc1nc2ccccc2c(=O)n1-c1cccc(Cl)c1)NC(=O)Nc1ccccc1. The molecule has 3 aromatic carbocycles. The quantitative estimate of drug-likeness (QED) is 0.335. The van der Waals surface area contributed by atoms with Crippen LogP contribution >= 0.6 is 23.4 Å². The molecule has 9 heteroatoms. The van der Waals surface area contributed by atoms with E-state index < -0.39 is 11.9 Å². The minimum absolute atomic E-state index is 0.118. The molecule has 0 spiro atoms. The average Bonchev–Trinajstić information content (AvgIpc) is 2.78. The third kappa shape index (κ3) is 4.99. The van der Waals surface area contributed by atoms with E-state index in [0.717, 1.165) is 11.8 Å². The number of amides is 3. The third-order valence-electron chi connectivity index (χ3n) is 4.43. The van der Waals surface area contributed by atoms with Crippen LogP contribution in [0.25, 0.3) is 16.6 Å². The van der Waals surface area contributed by atoms with Crippen LogP contribution in [-0.4, -0.2) is 27.2 Å². The molecule has 0 bridgehead atoms. The van der Waals surface area contributed by atoms with Gasteiger partial charge in [0.2, 0.25) is 5.91 Å². The highest BCUT2D eigenvalue weighted by molar-refractivity contribution is 7.99. The molecule has 0 saturated heterocycles. The first kappa shape index (κ1) is 21.6. The molecule has 0 aliphatic rings. The molecule has 1 heterocycles. The second-order valence-electron chi connectivity index (χ2n) is 6.69. The summed E-state index contributed by atoms with van der Waals surface area (Å²) in [5.74, 6) is -0.642. The summed E-state index contributed by atoms with van der Waals surface area (Å²) in [6.07, 6.45) is 0. The van der Waals surface area contributed by atoms with E-state index in [9.17, 15) is 14.4 Å². The molecule has 0 aliphatic carbocycles. The van der Waals surface area contributed by atoms with Gasteiger partial charge in [0.25, 0.3) is 5.56 Å². The zero-order chi connectivity index (χ0) is 22.5. The fourth-order valence-corrected chi connectivity index (χ4v) is 4.03. The Morgan fingerprint density at radius 1 is 0.969 bits per heavy atom. The zero-order valence-corrected chi connectivity index (χ0v) is 18.2. The van der Waals surface area contributed by atoms with Gasteiger partial charge in [0, 0.05) is 10.7 Å². The molecule has 0 atom stereocenters. The van der Waals surface area contributed by atoms with Gasteiger partial charge >= 0.3 is 6.03 Å². The van der Waals surface area contributed by atoms with Crippen molar-refractivity contribution in [1.82, 2.24) is 14.9 Å². The lowest BCUT2D eigenvalue weighted by Gasteiger charge is -2.13. The molecule has 0 saturated carbocycles. The van der Waals surface area contributed by atoms with Crippen LogP contribution in [0.3, 0.4) is 0 Å². The number of rotatable bonds is 5. The van der Waals surface area contributed by atoms with E-state index in [1.807, 2.05) is 6.07 Å². The highest BCUT2D eigenvalue weighted by atomic mass is 35.5. The van der Waals surface area contributed by atoms with Crippen LogP contribution in [-0.2, 0) is 4.79 Å². The van der Waals surface area contributed by atoms with Crippen molar-refractivity contribution < 1.29 is 9.59 Å². The number of urea groups is 1. The topological polar surface area (TPSA) is 93.1 Å². The van der Waals surface area contributed by atoms with Crippen molar-refractivity contribution in [2.24, 2.45) is 0 Å². The number of thioether (sulfide) groups is 1. The number of carbonyl (C=O) groups is 2. The summed E-state index contributed by atoms with van der Waals surface area (Å²) in [5.41, 5.74) is 1.34. The first-order valence-electron chi connectivity index (χ1n) is 9.58. The molecular weight excluding hydrogens is 448 g/mol. The Bertz CT molecular complexity index is 1360. The Morgan fingerprint density at radius 2 is 1.72 bits per heavy atom. The first-order chi connectivity index (χ1) is 15.5. The lowest BCUT2D eigenvalue weighted by molar-refractivity contribution is -0.117. The predicted octanol–water partition coefficient (Wildman–Crippen LogP) is 4.48. The Kier molecular flexibility index (Phi) is 6.53. The number of aromatic nitrogens is 2. The first-order valence-corrected chi connectivity index (χ1v) is 10.9. The van der Waals surface area contributed by atoms with Gasteiger partial charge in [-0.15, -0.1) is 0 Å². The molecule has 0 aliphatic heterocycles. The highest BCUT2D eigenvalue weighted by Crippen LogP contribution is 2.23. The summed E-state index contributed by atoms with van der Waals surface area (Å²) in [7, 11) is 0. The number of para-hydroxylation sites is 2. The van der Waals surface area contributed by atoms with Crippen LogP contribution in [0.5, 0.6) is 0 Å². The number of imide groups is 1. The largest absolute Gasteiger partial charge is 0.325 e. The minimum atomic E-state index is -0.638. The Balaban J connectivity index is 1.57. The molecule has 32 heavy (non-hydrogen) atoms. The summed E-state index contributed by atoms with van der Waals surface area (Å²) in [6.45, 7) is 0. The molecule has 4 rings (SSSR count). The van der Waals surface area contributed by atoms with Crippen LogP contribution in [0, 0.1) is 0 Å². The number of hydrogen-bond donors (Lipinski definition) is 2. The van der Waals surface area contributed by atoms with Gasteiger partial charge in [-0.25, -0.2) is 9.78 Å². The van der Waals surface area contributed by atoms with Gasteiger partial charge in [-0.05, 0) is 42.5 Å². The number of halogens is 1. The number of benzene rings is 3. The summed E-state index contributed by atoms with van der Waals surface area (Å²) in [4.78, 5) is 42.1. The van der Waals surface area contributed by atoms with Crippen molar-refractivity contribution in [2.45, 2.75) is 5.16 Å². The van der Waals surface area contributed by atoms with Crippen molar-refractivity contribution in [3.8, 4) is 5.69 Å². The molecule has 0 fully saturated rings. The van der Waals surface area contributed by atoms with E-state index >= 15 is 0 Å². The minimum Gasteiger partial charge on any atom is -0.308 e. The third-order valence-corrected chi connectivity index (χ3v) is 5.60.